The average Bonchev–Trinajstić information content (AvgIpc) is 2.70. The first-order chi connectivity index (χ1) is 13.5. The van der Waals surface area contributed by atoms with Crippen molar-refractivity contribution >= 4 is 17.4 Å². The van der Waals surface area contributed by atoms with E-state index in [2.05, 4.69) is 29.5 Å². The van der Waals surface area contributed by atoms with Crippen molar-refractivity contribution in [3.8, 4) is 11.3 Å². The van der Waals surface area contributed by atoms with Gasteiger partial charge in [-0.05, 0) is 42.3 Å². The van der Waals surface area contributed by atoms with Gasteiger partial charge in [0.05, 0.1) is 11.4 Å². The Balaban J connectivity index is 1.69. The predicted octanol–water partition coefficient (Wildman–Crippen LogP) is 4.33. The van der Waals surface area contributed by atoms with E-state index in [1.54, 1.807) is 6.07 Å². The molecule has 1 heterocycles. The van der Waals surface area contributed by atoms with Gasteiger partial charge in [0.2, 0.25) is 0 Å². The van der Waals surface area contributed by atoms with Crippen LogP contribution in [0.25, 0.3) is 11.3 Å². The van der Waals surface area contributed by atoms with Crippen LogP contribution >= 0.6 is 0 Å². The molecule has 0 aliphatic carbocycles. The second-order valence-corrected chi connectivity index (χ2v) is 7.18. The monoisotopic (exact) mass is 374 g/mol. The third-order valence-corrected chi connectivity index (χ3v) is 4.33. The number of carbonyl (C=O) groups excluding carboxylic acids is 1. The number of nitrogens with two attached hydrogens (primary N) is 1. The minimum Gasteiger partial charge on any atom is -0.396 e. The standard InChI is InChI=1S/C23H26N4O/c1-16(2)14-25-15-17-8-10-19(11-9-17)23(28)27-22-20(24)12-13-21(26-22)18-6-4-3-5-7-18/h3-13,16,25H,14-15,24H2,1-2H3,(H,26,27,28). The predicted molar refractivity (Wildman–Crippen MR) is 115 cm³/mol. The number of anilines is 2. The Kier molecular flexibility index (Phi) is 6.40. The zero-order valence-corrected chi connectivity index (χ0v) is 16.3. The summed E-state index contributed by atoms with van der Waals surface area (Å²) in [6.45, 7) is 6.10. The first kappa shape index (κ1) is 19.6. The maximum atomic E-state index is 12.6. The van der Waals surface area contributed by atoms with E-state index in [-0.39, 0.29) is 5.91 Å². The van der Waals surface area contributed by atoms with Crippen molar-refractivity contribution in [2.45, 2.75) is 20.4 Å². The summed E-state index contributed by atoms with van der Waals surface area (Å²) in [6.07, 6.45) is 0. The normalized spacial score (nSPS) is 10.8. The van der Waals surface area contributed by atoms with Crippen LogP contribution in [-0.2, 0) is 6.54 Å². The summed E-state index contributed by atoms with van der Waals surface area (Å²) in [4.78, 5) is 17.1. The summed E-state index contributed by atoms with van der Waals surface area (Å²) < 4.78 is 0. The van der Waals surface area contributed by atoms with E-state index in [4.69, 9.17) is 5.73 Å². The van der Waals surface area contributed by atoms with Crippen LogP contribution < -0.4 is 16.4 Å². The van der Waals surface area contributed by atoms with Crippen LogP contribution in [0.4, 0.5) is 11.5 Å². The largest absolute Gasteiger partial charge is 0.396 e. The molecule has 0 aliphatic heterocycles. The SMILES string of the molecule is CC(C)CNCc1ccc(C(=O)Nc2nc(-c3ccccc3)ccc2N)cc1. The molecule has 3 rings (SSSR count). The van der Waals surface area contributed by atoms with Crippen molar-refractivity contribution < 1.29 is 4.79 Å². The summed E-state index contributed by atoms with van der Waals surface area (Å²) in [7, 11) is 0. The molecule has 3 aromatic rings. The average molecular weight is 374 g/mol. The highest BCUT2D eigenvalue weighted by Gasteiger charge is 2.11. The fourth-order valence-corrected chi connectivity index (χ4v) is 2.80. The Hall–Kier alpha value is -3.18. The summed E-state index contributed by atoms with van der Waals surface area (Å²) in [5.74, 6) is 0.745. The number of hydrogen-bond donors (Lipinski definition) is 3. The molecule has 28 heavy (non-hydrogen) atoms. The molecule has 4 N–H and O–H groups in total. The summed E-state index contributed by atoms with van der Waals surface area (Å²) in [5.41, 5.74) is 9.88. The highest BCUT2D eigenvalue weighted by Crippen LogP contribution is 2.23. The zero-order valence-electron chi connectivity index (χ0n) is 16.3. The third-order valence-electron chi connectivity index (χ3n) is 4.33. The molecule has 5 nitrogen and oxygen atoms in total. The van der Waals surface area contributed by atoms with Gasteiger partial charge in [0.1, 0.15) is 0 Å². The number of aromatic nitrogens is 1. The van der Waals surface area contributed by atoms with E-state index < -0.39 is 0 Å². The lowest BCUT2D eigenvalue weighted by Crippen LogP contribution is -2.19. The highest BCUT2D eigenvalue weighted by atomic mass is 16.1. The number of pyridine rings is 1. The molecule has 144 valence electrons. The summed E-state index contributed by atoms with van der Waals surface area (Å²) in [6, 6.07) is 20.9. The number of hydrogen-bond acceptors (Lipinski definition) is 4. The van der Waals surface area contributed by atoms with Crippen LogP contribution in [0.5, 0.6) is 0 Å². The van der Waals surface area contributed by atoms with Crippen LogP contribution in [0, 0.1) is 5.92 Å². The number of amides is 1. The van der Waals surface area contributed by atoms with Crippen LogP contribution in [0.3, 0.4) is 0 Å². The molecule has 0 aliphatic rings. The van der Waals surface area contributed by atoms with Gasteiger partial charge in [-0.2, -0.15) is 0 Å². The van der Waals surface area contributed by atoms with E-state index >= 15 is 0 Å². The van der Waals surface area contributed by atoms with Crippen molar-refractivity contribution in [3.05, 3.63) is 77.9 Å². The lowest BCUT2D eigenvalue weighted by atomic mass is 10.1. The first-order valence-electron chi connectivity index (χ1n) is 9.46. The number of nitrogen functional groups attached to an aromatic ring is 1. The Morgan fingerprint density at radius 3 is 2.39 bits per heavy atom. The molecular weight excluding hydrogens is 348 g/mol. The molecule has 1 aromatic heterocycles. The maximum absolute atomic E-state index is 12.6. The topological polar surface area (TPSA) is 80.0 Å². The van der Waals surface area contributed by atoms with Crippen LogP contribution in [0.2, 0.25) is 0 Å². The zero-order chi connectivity index (χ0) is 19.9. The van der Waals surface area contributed by atoms with Gasteiger partial charge in [0.15, 0.2) is 5.82 Å². The lowest BCUT2D eigenvalue weighted by Gasteiger charge is -2.11. The fraction of sp³-hybridized carbons (Fsp3) is 0.217. The smallest absolute Gasteiger partial charge is 0.256 e. The molecule has 2 aromatic carbocycles. The Morgan fingerprint density at radius 2 is 1.71 bits per heavy atom. The van der Waals surface area contributed by atoms with Crippen molar-refractivity contribution in [1.82, 2.24) is 10.3 Å². The fourth-order valence-electron chi connectivity index (χ4n) is 2.80. The molecule has 1 amide bonds. The molecule has 0 spiro atoms. The molecular formula is C23H26N4O. The quantitative estimate of drug-likeness (QED) is 0.575. The van der Waals surface area contributed by atoms with Gasteiger partial charge in [-0.1, -0.05) is 56.3 Å². The lowest BCUT2D eigenvalue weighted by molar-refractivity contribution is 0.102. The van der Waals surface area contributed by atoms with Crippen molar-refractivity contribution in [2.75, 3.05) is 17.6 Å². The van der Waals surface area contributed by atoms with Crippen molar-refractivity contribution in [1.29, 1.82) is 0 Å². The van der Waals surface area contributed by atoms with Gasteiger partial charge in [0, 0.05) is 17.7 Å². The number of rotatable bonds is 7. The molecule has 0 radical (unpaired) electrons. The van der Waals surface area contributed by atoms with Crippen LogP contribution in [0.15, 0.2) is 66.7 Å². The van der Waals surface area contributed by atoms with Crippen LogP contribution in [-0.4, -0.2) is 17.4 Å². The van der Waals surface area contributed by atoms with Gasteiger partial charge in [-0.3, -0.25) is 4.79 Å². The first-order valence-corrected chi connectivity index (χ1v) is 9.46. The van der Waals surface area contributed by atoms with Crippen molar-refractivity contribution in [3.63, 3.8) is 0 Å². The minimum atomic E-state index is -0.230. The van der Waals surface area contributed by atoms with Gasteiger partial charge >= 0.3 is 0 Å². The van der Waals surface area contributed by atoms with E-state index in [1.807, 2.05) is 60.7 Å². The number of nitrogens with zero attached hydrogens (tertiary/aromatic N) is 1. The highest BCUT2D eigenvalue weighted by molar-refractivity contribution is 6.05. The molecule has 0 fully saturated rings. The Bertz CT molecular complexity index is 921. The van der Waals surface area contributed by atoms with Crippen LogP contribution in [0.1, 0.15) is 29.8 Å². The van der Waals surface area contributed by atoms with E-state index in [0.29, 0.717) is 23.0 Å². The molecule has 0 atom stereocenters. The third kappa shape index (κ3) is 5.18. The van der Waals surface area contributed by atoms with E-state index in [9.17, 15) is 4.79 Å². The van der Waals surface area contributed by atoms with E-state index in [0.717, 1.165) is 29.9 Å². The summed E-state index contributed by atoms with van der Waals surface area (Å²) >= 11 is 0. The second kappa shape index (κ2) is 9.15. The summed E-state index contributed by atoms with van der Waals surface area (Å²) in [5, 5.41) is 6.22. The number of nitrogens with one attached hydrogen (secondary N) is 2. The number of carbonyl (C=O) groups is 1. The van der Waals surface area contributed by atoms with Crippen molar-refractivity contribution in [2.24, 2.45) is 5.92 Å². The maximum Gasteiger partial charge on any atom is 0.256 e. The van der Waals surface area contributed by atoms with Gasteiger partial charge in [-0.15, -0.1) is 0 Å². The van der Waals surface area contributed by atoms with Gasteiger partial charge in [-0.25, -0.2) is 4.98 Å². The number of benzene rings is 2. The van der Waals surface area contributed by atoms with E-state index in [1.165, 1.54) is 0 Å². The van der Waals surface area contributed by atoms with Gasteiger partial charge in [0.25, 0.3) is 5.91 Å². The molecule has 0 unspecified atom stereocenters. The molecule has 0 bridgehead atoms. The molecule has 0 saturated heterocycles. The van der Waals surface area contributed by atoms with Gasteiger partial charge < -0.3 is 16.4 Å². The molecule has 0 saturated carbocycles. The molecule has 5 heteroatoms. The Labute approximate surface area is 166 Å². The Morgan fingerprint density at radius 1 is 1.00 bits per heavy atom. The minimum absolute atomic E-state index is 0.230. The second-order valence-electron chi connectivity index (χ2n) is 7.18.